The maximum absolute atomic E-state index is 10.9. The number of hydrogen-bond acceptors (Lipinski definition) is 3. The van der Waals surface area contributed by atoms with Crippen molar-refractivity contribution in [2.75, 3.05) is 6.61 Å². The number of amides is 1. The van der Waals surface area contributed by atoms with Gasteiger partial charge in [-0.25, -0.2) is 4.79 Å². The summed E-state index contributed by atoms with van der Waals surface area (Å²) < 4.78 is 4.82. The van der Waals surface area contributed by atoms with Crippen LogP contribution in [0.4, 0.5) is 4.79 Å². The summed E-state index contributed by atoms with van der Waals surface area (Å²) in [4.78, 5) is 10.9. The molecule has 1 aliphatic rings. The molecular formula is C11H13NO3. The number of ether oxygens (including phenoxy) is 1. The molecule has 4 nitrogen and oxygen atoms in total. The number of carbonyl (C=O) groups is 1. The van der Waals surface area contributed by atoms with Gasteiger partial charge < -0.3 is 15.2 Å². The van der Waals surface area contributed by atoms with Crippen LogP contribution in [0.15, 0.2) is 12.1 Å². The normalized spacial score (nSPS) is 19.9. The van der Waals surface area contributed by atoms with Crippen LogP contribution in [0.2, 0.25) is 0 Å². The average molecular weight is 207 g/mol. The van der Waals surface area contributed by atoms with Crippen molar-refractivity contribution in [2.24, 2.45) is 0 Å². The molecule has 1 aliphatic heterocycles. The number of cyclic esters (lactones) is 1. The summed E-state index contributed by atoms with van der Waals surface area (Å²) >= 11 is 0. The first-order valence-electron chi connectivity index (χ1n) is 4.81. The van der Waals surface area contributed by atoms with Crippen molar-refractivity contribution >= 4 is 6.09 Å². The molecule has 1 heterocycles. The molecule has 0 radical (unpaired) electrons. The zero-order valence-corrected chi connectivity index (χ0v) is 8.70. The molecule has 0 bridgehead atoms. The monoisotopic (exact) mass is 207 g/mol. The lowest BCUT2D eigenvalue weighted by Crippen LogP contribution is -2.18. The van der Waals surface area contributed by atoms with Gasteiger partial charge in [0.15, 0.2) is 0 Å². The highest BCUT2D eigenvalue weighted by Crippen LogP contribution is 2.27. The molecule has 0 saturated carbocycles. The van der Waals surface area contributed by atoms with E-state index in [1.807, 2.05) is 26.0 Å². The lowest BCUT2D eigenvalue weighted by atomic mass is 10.0. The molecule has 1 amide bonds. The molecule has 2 N–H and O–H groups in total. The predicted molar refractivity (Wildman–Crippen MR) is 54.8 cm³/mol. The van der Waals surface area contributed by atoms with Gasteiger partial charge in [0.1, 0.15) is 12.4 Å². The number of alkyl carbamates (subject to hydrolysis) is 1. The van der Waals surface area contributed by atoms with Crippen molar-refractivity contribution in [1.29, 1.82) is 0 Å². The first kappa shape index (κ1) is 9.83. The molecule has 4 heteroatoms. The van der Waals surface area contributed by atoms with E-state index in [2.05, 4.69) is 5.32 Å². The number of phenols is 1. The molecule has 1 fully saturated rings. The maximum atomic E-state index is 10.9. The number of carbonyl (C=O) groups excluding carboxylic acids is 1. The Morgan fingerprint density at radius 3 is 2.47 bits per heavy atom. The summed E-state index contributed by atoms with van der Waals surface area (Å²) in [5.74, 6) is 0.309. The largest absolute Gasteiger partial charge is 0.507 e. The highest BCUT2D eigenvalue weighted by atomic mass is 16.6. The Morgan fingerprint density at radius 1 is 1.40 bits per heavy atom. The van der Waals surface area contributed by atoms with Crippen LogP contribution in [0.25, 0.3) is 0 Å². The number of benzene rings is 1. The van der Waals surface area contributed by atoms with Crippen LogP contribution in [-0.2, 0) is 4.74 Å². The van der Waals surface area contributed by atoms with E-state index in [0.29, 0.717) is 12.4 Å². The fraction of sp³-hybridized carbons (Fsp3) is 0.364. The van der Waals surface area contributed by atoms with Crippen LogP contribution < -0.4 is 5.32 Å². The fourth-order valence-electron chi connectivity index (χ4n) is 1.75. The number of nitrogens with one attached hydrogen (secondary N) is 1. The van der Waals surface area contributed by atoms with Gasteiger partial charge in [-0.3, -0.25) is 0 Å². The van der Waals surface area contributed by atoms with Gasteiger partial charge in [0.25, 0.3) is 0 Å². The van der Waals surface area contributed by atoms with E-state index in [1.54, 1.807) is 0 Å². The van der Waals surface area contributed by atoms with Crippen LogP contribution in [0.1, 0.15) is 22.7 Å². The zero-order valence-electron chi connectivity index (χ0n) is 8.70. The van der Waals surface area contributed by atoms with E-state index >= 15 is 0 Å². The topological polar surface area (TPSA) is 58.6 Å². The van der Waals surface area contributed by atoms with E-state index in [1.165, 1.54) is 0 Å². The molecule has 1 atom stereocenters. The summed E-state index contributed by atoms with van der Waals surface area (Å²) in [6, 6.07) is 3.62. The Balaban J connectivity index is 2.33. The van der Waals surface area contributed by atoms with Gasteiger partial charge in [-0.05, 0) is 30.5 Å². The second-order valence-corrected chi connectivity index (χ2v) is 3.80. The lowest BCUT2D eigenvalue weighted by molar-refractivity contribution is 0.177. The lowest BCUT2D eigenvalue weighted by Gasteiger charge is -2.11. The summed E-state index contributed by atoms with van der Waals surface area (Å²) in [6.45, 7) is 4.02. The summed E-state index contributed by atoms with van der Waals surface area (Å²) in [5.41, 5.74) is 2.59. The van der Waals surface area contributed by atoms with Crippen molar-refractivity contribution in [3.63, 3.8) is 0 Å². The minimum atomic E-state index is -0.386. The number of rotatable bonds is 1. The molecule has 1 saturated heterocycles. The summed E-state index contributed by atoms with van der Waals surface area (Å²) in [7, 11) is 0. The van der Waals surface area contributed by atoms with Gasteiger partial charge >= 0.3 is 6.09 Å². The molecular weight excluding hydrogens is 194 g/mol. The molecule has 0 aromatic heterocycles. The molecule has 0 unspecified atom stereocenters. The van der Waals surface area contributed by atoms with Crippen molar-refractivity contribution in [1.82, 2.24) is 5.32 Å². The van der Waals surface area contributed by atoms with Crippen LogP contribution >= 0.6 is 0 Å². The second kappa shape index (κ2) is 3.46. The zero-order chi connectivity index (χ0) is 11.0. The van der Waals surface area contributed by atoms with Crippen LogP contribution in [0.5, 0.6) is 5.75 Å². The summed E-state index contributed by atoms with van der Waals surface area (Å²) in [6.07, 6.45) is -0.386. The van der Waals surface area contributed by atoms with Gasteiger partial charge in [0.05, 0.1) is 6.04 Å². The second-order valence-electron chi connectivity index (χ2n) is 3.80. The molecule has 0 spiro atoms. The highest BCUT2D eigenvalue weighted by Gasteiger charge is 2.24. The SMILES string of the molecule is Cc1cc([C@@H]2COC(=O)N2)cc(C)c1O. The average Bonchev–Trinajstić information content (AvgIpc) is 2.60. The van der Waals surface area contributed by atoms with Crippen molar-refractivity contribution < 1.29 is 14.6 Å². The fourth-order valence-corrected chi connectivity index (χ4v) is 1.75. The van der Waals surface area contributed by atoms with Gasteiger partial charge in [0.2, 0.25) is 0 Å². The molecule has 1 aromatic rings. The van der Waals surface area contributed by atoms with E-state index in [0.717, 1.165) is 16.7 Å². The maximum Gasteiger partial charge on any atom is 0.407 e. The van der Waals surface area contributed by atoms with E-state index in [4.69, 9.17) is 4.74 Å². The Bertz CT molecular complexity index is 391. The molecule has 1 aromatic carbocycles. The Hall–Kier alpha value is -1.71. The van der Waals surface area contributed by atoms with Gasteiger partial charge in [-0.2, -0.15) is 0 Å². The minimum Gasteiger partial charge on any atom is -0.507 e. The standard InChI is InChI=1S/C11H13NO3/c1-6-3-8(4-7(2)10(6)13)9-5-15-11(14)12-9/h3-4,9,13H,5H2,1-2H3,(H,12,14)/t9-/m0/s1. The van der Waals surface area contributed by atoms with Crippen molar-refractivity contribution in [3.8, 4) is 5.75 Å². The Kier molecular flexibility index (Phi) is 2.26. The minimum absolute atomic E-state index is 0.101. The third-order valence-electron chi connectivity index (χ3n) is 2.59. The van der Waals surface area contributed by atoms with E-state index < -0.39 is 0 Å². The van der Waals surface area contributed by atoms with Gasteiger partial charge in [-0.1, -0.05) is 12.1 Å². The van der Waals surface area contributed by atoms with Crippen molar-refractivity contribution in [2.45, 2.75) is 19.9 Å². The van der Waals surface area contributed by atoms with Gasteiger partial charge in [-0.15, -0.1) is 0 Å². The first-order chi connectivity index (χ1) is 7.08. The Morgan fingerprint density at radius 2 is 2.00 bits per heavy atom. The summed E-state index contributed by atoms with van der Waals surface area (Å²) in [5, 5.41) is 12.3. The molecule has 0 aliphatic carbocycles. The number of aryl methyl sites for hydroxylation is 2. The van der Waals surface area contributed by atoms with Crippen LogP contribution in [-0.4, -0.2) is 17.8 Å². The van der Waals surface area contributed by atoms with Crippen LogP contribution in [0.3, 0.4) is 0 Å². The smallest absolute Gasteiger partial charge is 0.407 e. The quantitative estimate of drug-likeness (QED) is 0.738. The Labute approximate surface area is 87.9 Å². The number of aromatic hydroxyl groups is 1. The van der Waals surface area contributed by atoms with Crippen molar-refractivity contribution in [3.05, 3.63) is 28.8 Å². The van der Waals surface area contributed by atoms with E-state index in [-0.39, 0.29) is 12.1 Å². The van der Waals surface area contributed by atoms with E-state index in [9.17, 15) is 9.90 Å². The number of hydrogen-bond donors (Lipinski definition) is 2. The molecule has 2 rings (SSSR count). The van der Waals surface area contributed by atoms with Gasteiger partial charge in [0, 0.05) is 0 Å². The molecule has 15 heavy (non-hydrogen) atoms. The third kappa shape index (κ3) is 1.75. The van der Waals surface area contributed by atoms with Crippen LogP contribution in [0, 0.1) is 13.8 Å². The molecule has 80 valence electrons. The highest BCUT2D eigenvalue weighted by molar-refractivity contribution is 5.70. The number of phenolic OH excluding ortho intramolecular Hbond substituents is 1. The third-order valence-corrected chi connectivity index (χ3v) is 2.59. The first-order valence-corrected chi connectivity index (χ1v) is 4.81. The predicted octanol–water partition coefficient (Wildman–Crippen LogP) is 1.79.